The molecule has 1 heterocycles. The highest BCUT2D eigenvalue weighted by atomic mass is 16.5. The first-order valence-electron chi connectivity index (χ1n) is 7.77. The number of ketones is 1. The maximum absolute atomic E-state index is 12.3. The molecule has 0 spiro atoms. The molecule has 2 N–H and O–H groups in total. The second-order valence-electron chi connectivity index (χ2n) is 5.81. The molecule has 0 unspecified atom stereocenters. The lowest BCUT2D eigenvalue weighted by Crippen LogP contribution is -2.39. The van der Waals surface area contributed by atoms with Gasteiger partial charge in [-0.15, -0.1) is 0 Å². The fourth-order valence-electron chi connectivity index (χ4n) is 2.36. The Kier molecular flexibility index (Phi) is 5.68. The van der Waals surface area contributed by atoms with Crippen molar-refractivity contribution < 1.29 is 19.1 Å². The third-order valence-electron chi connectivity index (χ3n) is 3.75. The van der Waals surface area contributed by atoms with Crippen molar-refractivity contribution in [2.24, 2.45) is 5.10 Å². The van der Waals surface area contributed by atoms with Crippen molar-refractivity contribution >= 4 is 23.3 Å². The molecule has 1 aromatic carbocycles. The lowest BCUT2D eigenvalue weighted by molar-refractivity contribution is -0.121. The number of benzene rings is 1. The van der Waals surface area contributed by atoms with Crippen LogP contribution in [0.1, 0.15) is 48.5 Å². The molecule has 2 rings (SSSR count). The number of carbonyl (C=O) groups excluding carboxylic acids is 3. The number of amides is 2. The van der Waals surface area contributed by atoms with Crippen LogP contribution in [0, 0.1) is 0 Å². The molecule has 2 amide bonds. The first-order chi connectivity index (χ1) is 11.4. The molecule has 7 nitrogen and oxygen atoms in total. The number of ether oxygens (including phenoxy) is 1. The van der Waals surface area contributed by atoms with E-state index in [1.165, 1.54) is 0 Å². The van der Waals surface area contributed by atoms with Crippen molar-refractivity contribution in [2.75, 3.05) is 13.7 Å². The van der Waals surface area contributed by atoms with Gasteiger partial charge in [0.05, 0.1) is 13.7 Å². The molecule has 128 valence electrons. The number of methoxy groups -OCH3 is 1. The number of hydrazone groups is 1. The Balaban J connectivity index is 2.01. The van der Waals surface area contributed by atoms with Crippen LogP contribution in [0.2, 0.25) is 0 Å². The highest BCUT2D eigenvalue weighted by Gasteiger charge is 2.19. The smallest absolute Gasteiger partial charge is 0.267 e. The highest BCUT2D eigenvalue weighted by molar-refractivity contribution is 6.39. The zero-order valence-corrected chi connectivity index (χ0v) is 14.0. The Bertz CT molecular complexity index is 695. The number of nitrogens with one attached hydrogen (secondary N) is 2. The van der Waals surface area contributed by atoms with Gasteiger partial charge in [0.25, 0.3) is 5.91 Å². The Morgan fingerprint density at radius 3 is 2.67 bits per heavy atom. The highest BCUT2D eigenvalue weighted by Crippen LogP contribution is 2.27. The van der Waals surface area contributed by atoms with Crippen molar-refractivity contribution in [1.82, 2.24) is 10.7 Å². The summed E-state index contributed by atoms with van der Waals surface area (Å²) < 4.78 is 5.30. The predicted octanol–water partition coefficient (Wildman–Crippen LogP) is 1.38. The van der Waals surface area contributed by atoms with Gasteiger partial charge in [0.15, 0.2) is 5.78 Å². The maximum Gasteiger partial charge on any atom is 0.267 e. The first-order valence-corrected chi connectivity index (χ1v) is 7.77. The molecule has 1 aliphatic rings. The number of carbonyl (C=O) groups is 3. The first kappa shape index (κ1) is 17.7. The van der Waals surface area contributed by atoms with Crippen LogP contribution < -0.4 is 15.5 Å². The van der Waals surface area contributed by atoms with Gasteiger partial charge in [-0.25, -0.2) is 5.43 Å². The number of Topliss-reactive ketones (excluding diaryl/α,β-unsaturated/α-hetero) is 1. The van der Waals surface area contributed by atoms with E-state index >= 15 is 0 Å². The molecular formula is C17H21N3O4. The van der Waals surface area contributed by atoms with E-state index in [9.17, 15) is 14.4 Å². The van der Waals surface area contributed by atoms with Crippen molar-refractivity contribution in [3.05, 3.63) is 29.3 Å². The summed E-state index contributed by atoms with van der Waals surface area (Å²) >= 11 is 0. The largest absolute Gasteiger partial charge is 0.496 e. The second kappa shape index (κ2) is 7.72. The van der Waals surface area contributed by atoms with Gasteiger partial charge >= 0.3 is 0 Å². The van der Waals surface area contributed by atoms with Crippen LogP contribution >= 0.6 is 0 Å². The Morgan fingerprint density at radius 2 is 2.08 bits per heavy atom. The van der Waals surface area contributed by atoms with Gasteiger partial charge in [-0.05, 0) is 29.7 Å². The SMILES string of the molecule is COc1ccc(C(=O)CNC(=O)C2=NNC(=O)CC2)cc1C(C)C. The van der Waals surface area contributed by atoms with Gasteiger partial charge in [-0.1, -0.05) is 13.8 Å². The summed E-state index contributed by atoms with van der Waals surface area (Å²) in [7, 11) is 1.59. The molecule has 1 aromatic rings. The maximum atomic E-state index is 12.3. The molecule has 0 aliphatic carbocycles. The molecule has 0 atom stereocenters. The summed E-state index contributed by atoms with van der Waals surface area (Å²) in [6, 6.07) is 5.22. The van der Waals surface area contributed by atoms with Gasteiger partial charge in [-0.3, -0.25) is 14.4 Å². The summed E-state index contributed by atoms with van der Waals surface area (Å²) in [6.07, 6.45) is 0.488. The number of rotatable bonds is 6. The lowest BCUT2D eigenvalue weighted by Gasteiger charge is -2.14. The van der Waals surface area contributed by atoms with Crippen molar-refractivity contribution in [3.63, 3.8) is 0 Å². The fraction of sp³-hybridized carbons (Fsp3) is 0.412. The Hall–Kier alpha value is -2.70. The summed E-state index contributed by atoms with van der Waals surface area (Å²) in [4.78, 5) is 35.3. The topological polar surface area (TPSA) is 96.9 Å². The molecule has 0 fully saturated rings. The minimum Gasteiger partial charge on any atom is -0.496 e. The van der Waals surface area contributed by atoms with E-state index in [2.05, 4.69) is 15.8 Å². The summed E-state index contributed by atoms with van der Waals surface area (Å²) in [5.74, 6) is 0.0803. The normalized spacial score (nSPS) is 14.0. The van der Waals surface area contributed by atoms with E-state index in [-0.39, 0.29) is 42.7 Å². The third kappa shape index (κ3) is 4.18. The van der Waals surface area contributed by atoms with Crippen molar-refractivity contribution in [1.29, 1.82) is 0 Å². The van der Waals surface area contributed by atoms with E-state index in [0.29, 0.717) is 5.56 Å². The van der Waals surface area contributed by atoms with Gasteiger partial charge in [0, 0.05) is 18.4 Å². The fourth-order valence-corrected chi connectivity index (χ4v) is 2.36. The van der Waals surface area contributed by atoms with E-state index in [4.69, 9.17) is 4.74 Å². The monoisotopic (exact) mass is 331 g/mol. The summed E-state index contributed by atoms with van der Waals surface area (Å²) in [5.41, 5.74) is 3.93. The van der Waals surface area contributed by atoms with Gasteiger partial charge in [0.2, 0.25) is 5.91 Å². The minimum atomic E-state index is -0.444. The molecule has 24 heavy (non-hydrogen) atoms. The summed E-state index contributed by atoms with van der Waals surface area (Å²) in [5, 5.41) is 6.24. The Morgan fingerprint density at radius 1 is 1.33 bits per heavy atom. The zero-order valence-electron chi connectivity index (χ0n) is 14.0. The number of hydrogen-bond acceptors (Lipinski definition) is 5. The molecule has 7 heteroatoms. The quantitative estimate of drug-likeness (QED) is 0.770. The number of nitrogens with zero attached hydrogens (tertiary/aromatic N) is 1. The van der Waals surface area contributed by atoms with Crippen LogP contribution in [0.5, 0.6) is 5.75 Å². The van der Waals surface area contributed by atoms with Gasteiger partial charge < -0.3 is 10.1 Å². The summed E-state index contributed by atoms with van der Waals surface area (Å²) in [6.45, 7) is 3.91. The Labute approximate surface area is 140 Å². The molecule has 1 aliphatic heterocycles. The predicted molar refractivity (Wildman–Crippen MR) is 89.2 cm³/mol. The van der Waals surface area contributed by atoms with E-state index < -0.39 is 5.91 Å². The second-order valence-corrected chi connectivity index (χ2v) is 5.81. The molecule has 0 radical (unpaired) electrons. The average Bonchev–Trinajstić information content (AvgIpc) is 2.59. The van der Waals surface area contributed by atoms with Crippen molar-refractivity contribution in [2.45, 2.75) is 32.6 Å². The van der Waals surface area contributed by atoms with Crippen LogP contribution in [-0.4, -0.2) is 37.0 Å². The molecule has 0 saturated carbocycles. The standard InChI is InChI=1S/C17H21N3O4/c1-10(2)12-8-11(4-6-15(12)24-3)14(21)9-18-17(23)13-5-7-16(22)20-19-13/h4,6,8,10H,5,7,9H2,1-3H3,(H,18,23)(H,20,22). The molecule has 0 saturated heterocycles. The molecular weight excluding hydrogens is 310 g/mol. The van der Waals surface area contributed by atoms with Crippen LogP contribution in [0.15, 0.2) is 23.3 Å². The van der Waals surface area contributed by atoms with E-state index in [1.54, 1.807) is 25.3 Å². The molecule has 0 bridgehead atoms. The van der Waals surface area contributed by atoms with Crippen LogP contribution in [0.4, 0.5) is 0 Å². The average molecular weight is 331 g/mol. The zero-order chi connectivity index (χ0) is 17.7. The van der Waals surface area contributed by atoms with E-state index in [1.807, 2.05) is 13.8 Å². The minimum absolute atomic E-state index is 0.129. The third-order valence-corrected chi connectivity index (χ3v) is 3.75. The number of hydrogen-bond donors (Lipinski definition) is 2. The van der Waals surface area contributed by atoms with Crippen LogP contribution in [0.3, 0.4) is 0 Å². The van der Waals surface area contributed by atoms with Crippen molar-refractivity contribution in [3.8, 4) is 5.75 Å². The van der Waals surface area contributed by atoms with Gasteiger partial charge in [-0.2, -0.15) is 5.10 Å². The van der Waals surface area contributed by atoms with Gasteiger partial charge in [0.1, 0.15) is 11.5 Å². The van der Waals surface area contributed by atoms with Crippen LogP contribution in [-0.2, 0) is 9.59 Å². The lowest BCUT2D eigenvalue weighted by atomic mass is 9.98. The van der Waals surface area contributed by atoms with E-state index in [0.717, 1.165) is 11.3 Å². The van der Waals surface area contributed by atoms with Crippen LogP contribution in [0.25, 0.3) is 0 Å². The molecule has 0 aromatic heterocycles.